The Balaban J connectivity index is 1.56. The van der Waals surface area contributed by atoms with Crippen molar-refractivity contribution in [3.05, 3.63) is 78.9 Å². The third-order valence-electron chi connectivity index (χ3n) is 5.72. The number of fused-ring (bicyclic) bond motifs is 5. The van der Waals surface area contributed by atoms with Gasteiger partial charge in [0.2, 0.25) is 0 Å². The summed E-state index contributed by atoms with van der Waals surface area (Å²) in [6, 6.07) is 21.2. The fraction of sp³-hybridized carbons (Fsp3) is 0.160. The molecule has 29 heavy (non-hydrogen) atoms. The van der Waals surface area contributed by atoms with Crippen LogP contribution in [0, 0.1) is 5.92 Å². The van der Waals surface area contributed by atoms with E-state index in [1.807, 2.05) is 30.3 Å². The van der Waals surface area contributed by atoms with E-state index in [2.05, 4.69) is 18.2 Å². The lowest BCUT2D eigenvalue weighted by molar-refractivity contribution is -0.169. The number of halogens is 2. The third kappa shape index (κ3) is 2.96. The number of carbonyl (C=O) groups is 1. The van der Waals surface area contributed by atoms with Gasteiger partial charge in [0.15, 0.2) is 0 Å². The van der Waals surface area contributed by atoms with Crippen LogP contribution in [0.15, 0.2) is 78.9 Å². The SMILES string of the molecule is O=C(Oc1ccc2ccc3c4ccccc4ccc3c2c1)C(F)(F)C1CC=CC1. The Kier molecular flexibility index (Phi) is 4.09. The highest BCUT2D eigenvalue weighted by Crippen LogP contribution is 2.37. The van der Waals surface area contributed by atoms with Gasteiger partial charge in [-0.3, -0.25) is 0 Å². The quantitative estimate of drug-likeness (QED) is 0.170. The zero-order chi connectivity index (χ0) is 20.0. The topological polar surface area (TPSA) is 26.3 Å². The molecule has 0 bridgehead atoms. The van der Waals surface area contributed by atoms with E-state index >= 15 is 0 Å². The summed E-state index contributed by atoms with van der Waals surface area (Å²) >= 11 is 0. The summed E-state index contributed by atoms with van der Waals surface area (Å²) in [6.07, 6.45) is 3.74. The van der Waals surface area contributed by atoms with Crippen molar-refractivity contribution >= 4 is 38.3 Å². The van der Waals surface area contributed by atoms with Gasteiger partial charge >= 0.3 is 11.9 Å². The molecule has 5 rings (SSSR count). The molecule has 0 saturated heterocycles. The van der Waals surface area contributed by atoms with Crippen LogP contribution in [0.4, 0.5) is 8.78 Å². The van der Waals surface area contributed by atoms with Gasteiger partial charge in [0.25, 0.3) is 0 Å². The lowest BCUT2D eigenvalue weighted by Gasteiger charge is -2.21. The van der Waals surface area contributed by atoms with Crippen LogP contribution in [0.25, 0.3) is 32.3 Å². The maximum absolute atomic E-state index is 14.4. The van der Waals surface area contributed by atoms with Crippen molar-refractivity contribution in [1.82, 2.24) is 0 Å². The number of hydrogen-bond acceptors (Lipinski definition) is 2. The molecule has 0 saturated carbocycles. The first-order chi connectivity index (χ1) is 14.0. The molecule has 1 aliphatic carbocycles. The molecular formula is C25H18F2O2. The summed E-state index contributed by atoms with van der Waals surface area (Å²) in [4.78, 5) is 12.2. The van der Waals surface area contributed by atoms with Crippen molar-refractivity contribution in [2.24, 2.45) is 5.92 Å². The zero-order valence-electron chi connectivity index (χ0n) is 15.6. The Labute approximate surface area is 166 Å². The molecule has 4 aromatic carbocycles. The number of alkyl halides is 2. The van der Waals surface area contributed by atoms with Gasteiger partial charge in [-0.05, 0) is 57.3 Å². The molecule has 0 heterocycles. The second-order valence-electron chi connectivity index (χ2n) is 7.48. The normalized spacial score (nSPS) is 14.8. The van der Waals surface area contributed by atoms with Gasteiger partial charge < -0.3 is 4.74 Å². The van der Waals surface area contributed by atoms with Crippen LogP contribution in [-0.4, -0.2) is 11.9 Å². The van der Waals surface area contributed by atoms with Crippen LogP contribution in [0.2, 0.25) is 0 Å². The van der Waals surface area contributed by atoms with E-state index in [0.717, 1.165) is 32.3 Å². The summed E-state index contributed by atoms with van der Waals surface area (Å²) in [5.41, 5.74) is 0. The van der Waals surface area contributed by atoms with Crippen LogP contribution in [0.3, 0.4) is 0 Å². The smallest absolute Gasteiger partial charge is 0.382 e. The maximum atomic E-state index is 14.4. The molecule has 144 valence electrons. The minimum absolute atomic E-state index is 0.133. The third-order valence-corrected chi connectivity index (χ3v) is 5.72. The summed E-state index contributed by atoms with van der Waals surface area (Å²) in [5, 5.41) is 6.14. The Bertz CT molecular complexity index is 1280. The highest BCUT2D eigenvalue weighted by Gasteiger charge is 2.48. The van der Waals surface area contributed by atoms with Crippen LogP contribution < -0.4 is 4.74 Å². The molecule has 0 spiro atoms. The van der Waals surface area contributed by atoms with Crippen molar-refractivity contribution in [2.75, 3.05) is 0 Å². The number of ether oxygens (including phenoxy) is 1. The highest BCUT2D eigenvalue weighted by atomic mass is 19.3. The molecule has 0 amide bonds. The van der Waals surface area contributed by atoms with Gasteiger partial charge in [-0.1, -0.05) is 66.7 Å². The zero-order valence-corrected chi connectivity index (χ0v) is 15.6. The molecule has 4 heteroatoms. The lowest BCUT2D eigenvalue weighted by atomic mass is 9.97. The molecule has 4 aromatic rings. The van der Waals surface area contributed by atoms with Crippen molar-refractivity contribution in [1.29, 1.82) is 0 Å². The second kappa shape index (κ2) is 6.66. The fourth-order valence-electron chi connectivity index (χ4n) is 4.12. The first kappa shape index (κ1) is 17.8. The number of allylic oxidation sites excluding steroid dienone is 2. The number of benzene rings is 4. The number of carbonyl (C=O) groups excluding carboxylic acids is 1. The minimum Gasteiger partial charge on any atom is -0.422 e. The molecule has 0 N–H and O–H groups in total. The van der Waals surface area contributed by atoms with Gasteiger partial charge in [0.05, 0.1) is 0 Å². The average Bonchev–Trinajstić information content (AvgIpc) is 3.29. The van der Waals surface area contributed by atoms with E-state index in [-0.39, 0.29) is 18.6 Å². The standard InChI is InChI=1S/C25H18F2O2/c26-25(27,18-6-2-3-7-18)24(28)29-19-12-9-17-11-13-21-20-8-4-1-5-16(20)10-14-22(21)23(17)15-19/h1-5,8-15,18H,6-7H2. The lowest BCUT2D eigenvalue weighted by Crippen LogP contribution is -2.39. The van der Waals surface area contributed by atoms with Gasteiger partial charge in [-0.2, -0.15) is 8.78 Å². The Morgan fingerprint density at radius 2 is 1.41 bits per heavy atom. The fourth-order valence-corrected chi connectivity index (χ4v) is 4.12. The Morgan fingerprint density at radius 3 is 2.17 bits per heavy atom. The Hall–Kier alpha value is -3.27. The summed E-state index contributed by atoms with van der Waals surface area (Å²) in [7, 11) is 0. The van der Waals surface area contributed by atoms with E-state index in [1.54, 1.807) is 30.4 Å². The molecule has 1 aliphatic rings. The van der Waals surface area contributed by atoms with Crippen LogP contribution in [0.1, 0.15) is 12.8 Å². The van der Waals surface area contributed by atoms with Crippen LogP contribution in [0.5, 0.6) is 5.75 Å². The van der Waals surface area contributed by atoms with Gasteiger partial charge in [0.1, 0.15) is 5.75 Å². The second-order valence-corrected chi connectivity index (χ2v) is 7.48. The highest BCUT2D eigenvalue weighted by molar-refractivity contribution is 6.17. The van der Waals surface area contributed by atoms with Crippen LogP contribution in [-0.2, 0) is 4.79 Å². The van der Waals surface area contributed by atoms with E-state index in [1.165, 1.54) is 0 Å². The molecule has 0 aromatic heterocycles. The van der Waals surface area contributed by atoms with E-state index < -0.39 is 17.8 Å². The number of hydrogen-bond donors (Lipinski definition) is 0. The van der Waals surface area contributed by atoms with Crippen molar-refractivity contribution in [3.8, 4) is 5.75 Å². The van der Waals surface area contributed by atoms with Gasteiger partial charge in [-0.25, -0.2) is 4.79 Å². The minimum atomic E-state index is -3.51. The molecule has 0 fully saturated rings. The average molecular weight is 388 g/mol. The summed E-state index contributed by atoms with van der Waals surface area (Å²) in [6.45, 7) is 0. The first-order valence-electron chi connectivity index (χ1n) is 9.63. The molecule has 0 radical (unpaired) electrons. The summed E-state index contributed by atoms with van der Waals surface area (Å²) in [5.74, 6) is -5.89. The molecule has 2 nitrogen and oxygen atoms in total. The number of rotatable bonds is 3. The first-order valence-corrected chi connectivity index (χ1v) is 9.63. The summed E-state index contributed by atoms with van der Waals surface area (Å²) < 4.78 is 34.0. The number of esters is 1. The van der Waals surface area contributed by atoms with Crippen LogP contribution >= 0.6 is 0 Å². The molecule has 0 atom stereocenters. The van der Waals surface area contributed by atoms with Gasteiger partial charge in [-0.15, -0.1) is 0 Å². The predicted octanol–water partition coefficient (Wildman–Crippen LogP) is 6.65. The van der Waals surface area contributed by atoms with E-state index in [9.17, 15) is 13.6 Å². The van der Waals surface area contributed by atoms with Crippen molar-refractivity contribution in [2.45, 2.75) is 18.8 Å². The monoisotopic (exact) mass is 388 g/mol. The van der Waals surface area contributed by atoms with Crippen molar-refractivity contribution in [3.63, 3.8) is 0 Å². The van der Waals surface area contributed by atoms with Crippen molar-refractivity contribution < 1.29 is 18.3 Å². The molecule has 0 unspecified atom stereocenters. The molecular weight excluding hydrogens is 370 g/mol. The van der Waals surface area contributed by atoms with Gasteiger partial charge in [0, 0.05) is 5.92 Å². The Morgan fingerprint density at radius 1 is 0.793 bits per heavy atom. The molecule has 0 aliphatic heterocycles. The predicted molar refractivity (Wildman–Crippen MR) is 111 cm³/mol. The van der Waals surface area contributed by atoms with E-state index in [0.29, 0.717) is 0 Å². The maximum Gasteiger partial charge on any atom is 0.382 e. The van der Waals surface area contributed by atoms with E-state index in [4.69, 9.17) is 4.74 Å². The largest absolute Gasteiger partial charge is 0.422 e.